The maximum atomic E-state index is 5.52. The van der Waals surface area contributed by atoms with Gasteiger partial charge in [0, 0.05) is 18.4 Å². The van der Waals surface area contributed by atoms with Crippen molar-refractivity contribution in [2.45, 2.75) is 6.54 Å². The lowest BCUT2D eigenvalue weighted by Crippen LogP contribution is -1.96. The SMILES string of the molecule is NCc1ccc(Nc2cccnc2)cc1. The highest BCUT2D eigenvalue weighted by molar-refractivity contribution is 5.58. The lowest BCUT2D eigenvalue weighted by atomic mass is 10.2. The molecule has 0 aliphatic rings. The van der Waals surface area contributed by atoms with Gasteiger partial charge in [-0.25, -0.2) is 0 Å². The average molecular weight is 199 g/mol. The van der Waals surface area contributed by atoms with E-state index in [1.54, 1.807) is 12.4 Å². The largest absolute Gasteiger partial charge is 0.354 e. The van der Waals surface area contributed by atoms with E-state index in [-0.39, 0.29) is 0 Å². The molecule has 15 heavy (non-hydrogen) atoms. The fourth-order valence-corrected chi connectivity index (χ4v) is 1.33. The first-order valence-electron chi connectivity index (χ1n) is 4.84. The molecule has 0 saturated carbocycles. The van der Waals surface area contributed by atoms with E-state index in [0.717, 1.165) is 16.9 Å². The van der Waals surface area contributed by atoms with Crippen molar-refractivity contribution in [3.63, 3.8) is 0 Å². The molecule has 0 saturated heterocycles. The zero-order valence-electron chi connectivity index (χ0n) is 8.35. The average Bonchev–Trinajstić information content (AvgIpc) is 2.31. The number of nitrogens with two attached hydrogens (primary N) is 1. The number of nitrogens with zero attached hydrogens (tertiary/aromatic N) is 1. The second kappa shape index (κ2) is 4.57. The summed E-state index contributed by atoms with van der Waals surface area (Å²) in [4.78, 5) is 4.03. The molecule has 76 valence electrons. The molecule has 0 atom stereocenters. The molecular formula is C12H13N3. The number of anilines is 2. The number of aromatic nitrogens is 1. The van der Waals surface area contributed by atoms with Gasteiger partial charge in [-0.15, -0.1) is 0 Å². The molecule has 0 fully saturated rings. The lowest BCUT2D eigenvalue weighted by molar-refractivity contribution is 1.07. The van der Waals surface area contributed by atoms with Crippen LogP contribution in [0.15, 0.2) is 48.8 Å². The van der Waals surface area contributed by atoms with Crippen molar-refractivity contribution in [2.75, 3.05) is 5.32 Å². The second-order valence-corrected chi connectivity index (χ2v) is 3.27. The van der Waals surface area contributed by atoms with Gasteiger partial charge < -0.3 is 11.1 Å². The molecule has 0 amide bonds. The van der Waals surface area contributed by atoms with E-state index in [1.165, 1.54) is 0 Å². The number of pyridine rings is 1. The van der Waals surface area contributed by atoms with Crippen molar-refractivity contribution in [1.82, 2.24) is 4.98 Å². The fourth-order valence-electron chi connectivity index (χ4n) is 1.33. The maximum absolute atomic E-state index is 5.52. The minimum atomic E-state index is 0.577. The Balaban J connectivity index is 2.11. The summed E-state index contributed by atoms with van der Waals surface area (Å²) in [5, 5.41) is 3.25. The number of nitrogens with one attached hydrogen (secondary N) is 1. The Morgan fingerprint density at radius 3 is 2.47 bits per heavy atom. The summed E-state index contributed by atoms with van der Waals surface area (Å²) < 4.78 is 0. The molecule has 1 aromatic heterocycles. The van der Waals surface area contributed by atoms with Crippen molar-refractivity contribution < 1.29 is 0 Å². The summed E-state index contributed by atoms with van der Waals surface area (Å²) in [5.41, 5.74) is 8.68. The highest BCUT2D eigenvalue weighted by Gasteiger charge is 1.94. The molecule has 0 radical (unpaired) electrons. The van der Waals surface area contributed by atoms with Crippen LogP contribution in [0.3, 0.4) is 0 Å². The minimum Gasteiger partial charge on any atom is -0.354 e. The first-order valence-corrected chi connectivity index (χ1v) is 4.84. The second-order valence-electron chi connectivity index (χ2n) is 3.27. The Labute approximate surface area is 89.0 Å². The van der Waals surface area contributed by atoms with Gasteiger partial charge in [-0.1, -0.05) is 12.1 Å². The zero-order chi connectivity index (χ0) is 10.5. The van der Waals surface area contributed by atoms with Crippen LogP contribution in [0.25, 0.3) is 0 Å². The molecule has 0 aliphatic carbocycles. The molecular weight excluding hydrogens is 186 g/mol. The third kappa shape index (κ3) is 2.54. The summed E-state index contributed by atoms with van der Waals surface area (Å²) in [5.74, 6) is 0. The highest BCUT2D eigenvalue weighted by Crippen LogP contribution is 2.15. The lowest BCUT2D eigenvalue weighted by Gasteiger charge is -2.05. The molecule has 3 heteroatoms. The minimum absolute atomic E-state index is 0.577. The molecule has 1 heterocycles. The zero-order valence-corrected chi connectivity index (χ0v) is 8.35. The van der Waals surface area contributed by atoms with Crippen LogP contribution >= 0.6 is 0 Å². The number of benzene rings is 1. The van der Waals surface area contributed by atoms with Gasteiger partial charge in [-0.3, -0.25) is 4.98 Å². The van der Waals surface area contributed by atoms with Gasteiger partial charge in [0.2, 0.25) is 0 Å². The summed E-state index contributed by atoms with van der Waals surface area (Å²) >= 11 is 0. The van der Waals surface area contributed by atoms with E-state index >= 15 is 0 Å². The van der Waals surface area contributed by atoms with Gasteiger partial charge in [0.1, 0.15) is 0 Å². The van der Waals surface area contributed by atoms with Crippen molar-refractivity contribution >= 4 is 11.4 Å². The number of rotatable bonds is 3. The van der Waals surface area contributed by atoms with Crippen LogP contribution in [0, 0.1) is 0 Å². The predicted octanol–water partition coefficient (Wildman–Crippen LogP) is 2.28. The summed E-state index contributed by atoms with van der Waals surface area (Å²) in [6, 6.07) is 11.9. The van der Waals surface area contributed by atoms with Crippen LogP contribution in [0.1, 0.15) is 5.56 Å². The molecule has 0 unspecified atom stereocenters. The number of hydrogen-bond donors (Lipinski definition) is 2. The summed E-state index contributed by atoms with van der Waals surface area (Å²) in [6.07, 6.45) is 3.54. The molecule has 2 rings (SSSR count). The van der Waals surface area contributed by atoms with Gasteiger partial charge >= 0.3 is 0 Å². The summed E-state index contributed by atoms with van der Waals surface area (Å²) in [7, 11) is 0. The highest BCUT2D eigenvalue weighted by atomic mass is 14.9. The van der Waals surface area contributed by atoms with Crippen LogP contribution in [-0.4, -0.2) is 4.98 Å². The van der Waals surface area contributed by atoms with Gasteiger partial charge in [-0.05, 0) is 29.8 Å². The normalized spacial score (nSPS) is 9.93. The van der Waals surface area contributed by atoms with Crippen molar-refractivity contribution in [2.24, 2.45) is 5.73 Å². The van der Waals surface area contributed by atoms with Crippen LogP contribution in [0.4, 0.5) is 11.4 Å². The molecule has 0 aliphatic heterocycles. The summed E-state index contributed by atoms with van der Waals surface area (Å²) in [6.45, 7) is 0.577. The van der Waals surface area contributed by atoms with Gasteiger partial charge in [0.25, 0.3) is 0 Å². The monoisotopic (exact) mass is 199 g/mol. The molecule has 3 N–H and O–H groups in total. The first-order chi connectivity index (χ1) is 7.38. The van der Waals surface area contributed by atoms with Crippen LogP contribution < -0.4 is 11.1 Å². The maximum Gasteiger partial charge on any atom is 0.0570 e. The van der Waals surface area contributed by atoms with Gasteiger partial charge in [0.15, 0.2) is 0 Å². The van der Waals surface area contributed by atoms with Crippen molar-refractivity contribution in [3.05, 3.63) is 54.4 Å². The number of hydrogen-bond acceptors (Lipinski definition) is 3. The third-order valence-electron chi connectivity index (χ3n) is 2.14. The Bertz CT molecular complexity index is 409. The third-order valence-corrected chi connectivity index (χ3v) is 2.14. The van der Waals surface area contributed by atoms with E-state index in [2.05, 4.69) is 10.3 Å². The van der Waals surface area contributed by atoms with Crippen LogP contribution in [0.2, 0.25) is 0 Å². The van der Waals surface area contributed by atoms with E-state index in [9.17, 15) is 0 Å². The molecule has 0 spiro atoms. The van der Waals surface area contributed by atoms with Crippen LogP contribution in [-0.2, 0) is 6.54 Å². The van der Waals surface area contributed by atoms with E-state index in [4.69, 9.17) is 5.73 Å². The van der Waals surface area contributed by atoms with Crippen LogP contribution in [0.5, 0.6) is 0 Å². The molecule has 0 bridgehead atoms. The van der Waals surface area contributed by atoms with Crippen molar-refractivity contribution in [1.29, 1.82) is 0 Å². The standard InChI is InChI=1S/C12H13N3/c13-8-10-3-5-11(6-4-10)15-12-2-1-7-14-9-12/h1-7,9,15H,8,13H2. The Morgan fingerprint density at radius 2 is 1.87 bits per heavy atom. The van der Waals surface area contributed by atoms with E-state index < -0.39 is 0 Å². The topological polar surface area (TPSA) is 50.9 Å². The molecule has 1 aromatic carbocycles. The molecule has 2 aromatic rings. The fraction of sp³-hybridized carbons (Fsp3) is 0.0833. The van der Waals surface area contributed by atoms with E-state index in [1.807, 2.05) is 36.4 Å². The first kappa shape index (κ1) is 9.68. The van der Waals surface area contributed by atoms with E-state index in [0.29, 0.717) is 6.54 Å². The molecule has 3 nitrogen and oxygen atoms in total. The Morgan fingerprint density at radius 1 is 1.07 bits per heavy atom. The Hall–Kier alpha value is -1.87. The van der Waals surface area contributed by atoms with Gasteiger partial charge in [0.05, 0.1) is 11.9 Å². The Kier molecular flexibility index (Phi) is 2.95. The smallest absolute Gasteiger partial charge is 0.0570 e. The van der Waals surface area contributed by atoms with Crippen molar-refractivity contribution in [3.8, 4) is 0 Å². The quantitative estimate of drug-likeness (QED) is 0.797. The predicted molar refractivity (Wildman–Crippen MR) is 61.9 cm³/mol. The van der Waals surface area contributed by atoms with Gasteiger partial charge in [-0.2, -0.15) is 0 Å².